The molecule has 1 aliphatic rings. The van der Waals surface area contributed by atoms with Gasteiger partial charge in [0.15, 0.2) is 0 Å². The molecule has 1 N–H and O–H groups in total. The van der Waals surface area contributed by atoms with Crippen molar-refractivity contribution >= 4 is 0 Å². The van der Waals surface area contributed by atoms with Crippen LogP contribution in [0.2, 0.25) is 0 Å². The maximum Gasteiger partial charge on any atom is 0.0625 e. The Morgan fingerprint density at radius 3 is 2.80 bits per heavy atom. The second kappa shape index (κ2) is 7.23. The third-order valence-electron chi connectivity index (χ3n) is 4.51. The molecule has 20 heavy (non-hydrogen) atoms. The summed E-state index contributed by atoms with van der Waals surface area (Å²) in [6, 6.07) is 3.56. The topological polar surface area (TPSA) is 33.1 Å². The van der Waals surface area contributed by atoms with Crippen LogP contribution in [0.4, 0.5) is 0 Å². The number of rotatable bonds is 5. The minimum atomic E-state index is 0.628. The van der Waals surface area contributed by atoms with Gasteiger partial charge in [-0.3, -0.25) is 9.58 Å². The summed E-state index contributed by atoms with van der Waals surface area (Å²) in [5, 5.41) is 8.33. The lowest BCUT2D eigenvalue weighted by Crippen LogP contribution is -2.39. The molecule has 2 heterocycles. The van der Waals surface area contributed by atoms with Crippen molar-refractivity contribution in [3.05, 3.63) is 17.5 Å². The minimum absolute atomic E-state index is 0.628. The van der Waals surface area contributed by atoms with Gasteiger partial charge in [0.25, 0.3) is 0 Å². The lowest BCUT2D eigenvalue weighted by molar-refractivity contribution is 0.189. The van der Waals surface area contributed by atoms with Gasteiger partial charge in [0, 0.05) is 31.7 Å². The van der Waals surface area contributed by atoms with Crippen LogP contribution >= 0.6 is 0 Å². The summed E-state index contributed by atoms with van der Waals surface area (Å²) in [5.74, 6) is 0. The summed E-state index contributed by atoms with van der Waals surface area (Å²) in [6.07, 6.45) is 3.46. The minimum Gasteiger partial charge on any atom is -0.313 e. The van der Waals surface area contributed by atoms with Crippen molar-refractivity contribution in [1.82, 2.24) is 20.0 Å². The zero-order valence-corrected chi connectivity index (χ0v) is 13.5. The van der Waals surface area contributed by atoms with Crippen molar-refractivity contribution in [3.63, 3.8) is 0 Å². The van der Waals surface area contributed by atoms with E-state index in [0.717, 1.165) is 32.6 Å². The van der Waals surface area contributed by atoms with Crippen LogP contribution in [0.25, 0.3) is 0 Å². The van der Waals surface area contributed by atoms with Crippen molar-refractivity contribution in [2.24, 2.45) is 0 Å². The van der Waals surface area contributed by atoms with Gasteiger partial charge in [-0.2, -0.15) is 5.10 Å². The molecule has 0 spiro atoms. The molecule has 1 aromatic heterocycles. The molecule has 0 amide bonds. The average Bonchev–Trinajstić information content (AvgIpc) is 2.77. The molecule has 0 aromatic carbocycles. The second-order valence-electron chi connectivity index (χ2n) is 5.92. The highest BCUT2D eigenvalue weighted by Crippen LogP contribution is 2.16. The van der Waals surface area contributed by atoms with Gasteiger partial charge in [0.2, 0.25) is 0 Å². The molecule has 1 aromatic rings. The summed E-state index contributed by atoms with van der Waals surface area (Å²) in [7, 11) is 0. The maximum absolute atomic E-state index is 4.67. The lowest BCUT2D eigenvalue weighted by Gasteiger charge is -2.28. The van der Waals surface area contributed by atoms with Gasteiger partial charge in [-0.15, -0.1) is 0 Å². The second-order valence-corrected chi connectivity index (χ2v) is 5.92. The van der Waals surface area contributed by atoms with Gasteiger partial charge >= 0.3 is 0 Å². The number of aryl methyl sites for hydroxylation is 2. The van der Waals surface area contributed by atoms with Crippen LogP contribution < -0.4 is 5.32 Å². The Morgan fingerprint density at radius 1 is 1.35 bits per heavy atom. The molecule has 0 aliphatic carbocycles. The lowest BCUT2D eigenvalue weighted by atomic mass is 10.1. The predicted molar refractivity (Wildman–Crippen MR) is 83.8 cm³/mol. The first-order chi connectivity index (χ1) is 9.67. The van der Waals surface area contributed by atoms with Crippen LogP contribution in [0.1, 0.15) is 51.9 Å². The first kappa shape index (κ1) is 15.5. The van der Waals surface area contributed by atoms with Gasteiger partial charge in [-0.25, -0.2) is 0 Å². The van der Waals surface area contributed by atoms with E-state index >= 15 is 0 Å². The number of nitrogens with zero attached hydrogens (tertiary/aromatic N) is 3. The molecule has 2 atom stereocenters. The first-order valence-electron chi connectivity index (χ1n) is 8.20. The third-order valence-corrected chi connectivity index (χ3v) is 4.51. The van der Waals surface area contributed by atoms with Crippen LogP contribution in [0, 0.1) is 0 Å². The molecule has 4 heteroatoms. The van der Waals surface area contributed by atoms with Crippen LogP contribution in [0.15, 0.2) is 6.07 Å². The smallest absolute Gasteiger partial charge is 0.0625 e. The predicted octanol–water partition coefficient (Wildman–Crippen LogP) is 2.43. The summed E-state index contributed by atoms with van der Waals surface area (Å²) < 4.78 is 2.17. The summed E-state index contributed by atoms with van der Waals surface area (Å²) >= 11 is 0. The highest BCUT2D eigenvalue weighted by molar-refractivity contribution is 5.11. The Bertz CT molecular complexity index is 413. The summed E-state index contributed by atoms with van der Waals surface area (Å²) in [4.78, 5) is 2.62. The molecular formula is C16H30N4. The normalized spacial score (nSPS) is 24.8. The molecule has 1 aliphatic heterocycles. The van der Waals surface area contributed by atoms with Gasteiger partial charge in [0.05, 0.1) is 11.4 Å². The van der Waals surface area contributed by atoms with E-state index < -0.39 is 0 Å². The zero-order valence-electron chi connectivity index (χ0n) is 13.5. The van der Waals surface area contributed by atoms with E-state index in [2.05, 4.69) is 53.8 Å². The standard InChI is InChI=1S/C16H30N4/c1-5-14-10-16(20(7-3)18-14)12-19-11-15(6-2)17-9-8-13(19)4/h10,13,15,17H,5-9,11-12H2,1-4H3. The van der Waals surface area contributed by atoms with E-state index in [1.807, 2.05) is 0 Å². The molecule has 2 unspecified atom stereocenters. The Balaban J connectivity index is 2.11. The molecule has 0 radical (unpaired) electrons. The van der Waals surface area contributed by atoms with Crippen molar-refractivity contribution in [2.75, 3.05) is 13.1 Å². The van der Waals surface area contributed by atoms with Crippen LogP contribution in [-0.2, 0) is 19.5 Å². The van der Waals surface area contributed by atoms with E-state index in [9.17, 15) is 0 Å². The summed E-state index contributed by atoms with van der Waals surface area (Å²) in [5.41, 5.74) is 2.59. The first-order valence-corrected chi connectivity index (χ1v) is 8.20. The molecule has 1 saturated heterocycles. The molecule has 0 saturated carbocycles. The highest BCUT2D eigenvalue weighted by atomic mass is 15.3. The van der Waals surface area contributed by atoms with Crippen molar-refractivity contribution in [1.29, 1.82) is 0 Å². The molecule has 114 valence electrons. The monoisotopic (exact) mass is 278 g/mol. The SMILES string of the molecule is CCc1cc(CN2CC(CC)NCCC2C)n(CC)n1. The number of hydrogen-bond acceptors (Lipinski definition) is 3. The molecule has 4 nitrogen and oxygen atoms in total. The van der Waals surface area contributed by atoms with E-state index in [0.29, 0.717) is 12.1 Å². The maximum atomic E-state index is 4.67. The molecule has 0 bridgehead atoms. The Labute approximate surface area is 123 Å². The fraction of sp³-hybridized carbons (Fsp3) is 0.812. The molecular weight excluding hydrogens is 248 g/mol. The highest BCUT2D eigenvalue weighted by Gasteiger charge is 2.23. The van der Waals surface area contributed by atoms with Crippen molar-refractivity contribution in [3.8, 4) is 0 Å². The largest absolute Gasteiger partial charge is 0.313 e. The number of hydrogen-bond donors (Lipinski definition) is 1. The summed E-state index contributed by atoms with van der Waals surface area (Å²) in [6.45, 7) is 13.3. The number of aromatic nitrogens is 2. The van der Waals surface area contributed by atoms with Crippen LogP contribution in [-0.4, -0.2) is 39.9 Å². The molecule has 1 fully saturated rings. The zero-order chi connectivity index (χ0) is 14.5. The van der Waals surface area contributed by atoms with Gasteiger partial charge < -0.3 is 5.32 Å². The molecule has 2 rings (SSSR count). The number of nitrogens with one attached hydrogen (secondary N) is 1. The fourth-order valence-electron chi connectivity index (χ4n) is 3.00. The Kier molecular flexibility index (Phi) is 5.61. The van der Waals surface area contributed by atoms with Crippen LogP contribution in [0.3, 0.4) is 0 Å². The van der Waals surface area contributed by atoms with Crippen LogP contribution in [0.5, 0.6) is 0 Å². The van der Waals surface area contributed by atoms with Gasteiger partial charge in [-0.1, -0.05) is 13.8 Å². The van der Waals surface area contributed by atoms with Gasteiger partial charge in [0.1, 0.15) is 0 Å². The quantitative estimate of drug-likeness (QED) is 0.898. The van der Waals surface area contributed by atoms with Crippen molar-refractivity contribution in [2.45, 2.75) is 72.1 Å². The van der Waals surface area contributed by atoms with E-state index in [-0.39, 0.29) is 0 Å². The van der Waals surface area contributed by atoms with Crippen molar-refractivity contribution < 1.29 is 0 Å². The third kappa shape index (κ3) is 3.61. The van der Waals surface area contributed by atoms with E-state index in [4.69, 9.17) is 0 Å². The average molecular weight is 278 g/mol. The van der Waals surface area contributed by atoms with Gasteiger partial charge in [-0.05, 0) is 45.7 Å². The van der Waals surface area contributed by atoms with E-state index in [1.54, 1.807) is 0 Å². The Hall–Kier alpha value is -0.870. The fourth-order valence-corrected chi connectivity index (χ4v) is 3.00. The Morgan fingerprint density at radius 2 is 2.15 bits per heavy atom. The van der Waals surface area contributed by atoms with E-state index in [1.165, 1.54) is 24.2 Å².